The van der Waals surface area contributed by atoms with Gasteiger partial charge >= 0.3 is 6.03 Å². The SMILES string of the molecule is COCc1ccc(CS(=O)(=O)c2ccc(NC(=O)NC(C)c3cccc(C)c3Cl)cc2)cc1. The zero-order chi connectivity index (χ0) is 24.0. The highest BCUT2D eigenvalue weighted by atomic mass is 35.5. The molecule has 3 rings (SSSR count). The molecule has 0 aromatic heterocycles. The van der Waals surface area contributed by atoms with E-state index < -0.39 is 15.9 Å². The van der Waals surface area contributed by atoms with Gasteiger partial charge in [0.05, 0.1) is 23.3 Å². The predicted molar refractivity (Wildman–Crippen MR) is 131 cm³/mol. The second-order valence-corrected chi connectivity index (χ2v) is 10.2. The minimum atomic E-state index is -3.52. The monoisotopic (exact) mass is 486 g/mol. The first-order valence-corrected chi connectivity index (χ1v) is 12.4. The van der Waals surface area contributed by atoms with Crippen LogP contribution in [-0.4, -0.2) is 21.6 Å². The first-order valence-electron chi connectivity index (χ1n) is 10.4. The smallest absolute Gasteiger partial charge is 0.319 e. The molecule has 8 heteroatoms. The zero-order valence-electron chi connectivity index (χ0n) is 18.8. The van der Waals surface area contributed by atoms with Gasteiger partial charge in [-0.3, -0.25) is 0 Å². The Kier molecular flexibility index (Phi) is 8.13. The highest BCUT2D eigenvalue weighted by molar-refractivity contribution is 7.90. The van der Waals surface area contributed by atoms with Crippen LogP contribution in [0.1, 0.15) is 35.2 Å². The van der Waals surface area contributed by atoms with Gasteiger partial charge in [0.2, 0.25) is 0 Å². The van der Waals surface area contributed by atoms with Crippen molar-refractivity contribution in [3.63, 3.8) is 0 Å². The minimum absolute atomic E-state index is 0.109. The molecule has 3 aromatic carbocycles. The number of rotatable bonds is 8. The van der Waals surface area contributed by atoms with E-state index in [2.05, 4.69) is 10.6 Å². The molecule has 0 radical (unpaired) electrons. The fourth-order valence-electron chi connectivity index (χ4n) is 3.39. The van der Waals surface area contributed by atoms with E-state index in [9.17, 15) is 13.2 Å². The quantitative estimate of drug-likeness (QED) is 0.430. The van der Waals surface area contributed by atoms with Crippen LogP contribution in [0, 0.1) is 6.92 Å². The van der Waals surface area contributed by atoms with E-state index >= 15 is 0 Å². The lowest BCUT2D eigenvalue weighted by Crippen LogP contribution is -2.31. The van der Waals surface area contributed by atoms with E-state index in [0.717, 1.165) is 16.7 Å². The predicted octanol–water partition coefficient (Wildman–Crippen LogP) is 5.65. The molecule has 0 heterocycles. The summed E-state index contributed by atoms with van der Waals surface area (Å²) < 4.78 is 30.6. The number of urea groups is 1. The third-order valence-corrected chi connectivity index (χ3v) is 7.42. The Hall–Kier alpha value is -2.87. The topological polar surface area (TPSA) is 84.5 Å². The lowest BCUT2D eigenvalue weighted by atomic mass is 10.1. The van der Waals surface area contributed by atoms with Crippen molar-refractivity contribution in [2.45, 2.75) is 37.1 Å². The van der Waals surface area contributed by atoms with Crippen LogP contribution in [0.25, 0.3) is 0 Å². The van der Waals surface area contributed by atoms with Gasteiger partial charge in [0.15, 0.2) is 9.84 Å². The number of amides is 2. The molecule has 0 spiro atoms. The summed E-state index contributed by atoms with van der Waals surface area (Å²) >= 11 is 6.34. The molecule has 2 N–H and O–H groups in total. The number of aryl methyl sites for hydroxylation is 1. The first-order chi connectivity index (χ1) is 15.7. The van der Waals surface area contributed by atoms with Crippen molar-refractivity contribution >= 4 is 33.2 Å². The summed E-state index contributed by atoms with van der Waals surface area (Å²) in [6, 6.07) is 18.3. The van der Waals surface area contributed by atoms with E-state index in [1.165, 1.54) is 12.1 Å². The van der Waals surface area contributed by atoms with Crippen molar-refractivity contribution in [1.29, 1.82) is 0 Å². The molecule has 2 amide bonds. The summed E-state index contributed by atoms with van der Waals surface area (Å²) in [7, 11) is -1.91. The number of sulfone groups is 1. The van der Waals surface area contributed by atoms with Gasteiger partial charge in [-0.1, -0.05) is 54.1 Å². The fraction of sp³-hybridized carbons (Fsp3) is 0.240. The summed E-state index contributed by atoms with van der Waals surface area (Å²) in [5, 5.41) is 6.18. The molecule has 0 aliphatic carbocycles. The minimum Gasteiger partial charge on any atom is -0.380 e. The van der Waals surface area contributed by atoms with Gasteiger partial charge in [0.1, 0.15) is 0 Å². The Bertz CT molecular complexity index is 1210. The fourth-order valence-corrected chi connectivity index (χ4v) is 5.03. The Morgan fingerprint density at radius 2 is 1.64 bits per heavy atom. The van der Waals surface area contributed by atoms with E-state index in [-0.39, 0.29) is 16.7 Å². The number of ether oxygens (including phenoxy) is 1. The van der Waals surface area contributed by atoms with Crippen LogP contribution in [-0.2, 0) is 26.9 Å². The van der Waals surface area contributed by atoms with E-state index in [4.69, 9.17) is 16.3 Å². The molecule has 1 atom stereocenters. The summed E-state index contributed by atoms with van der Waals surface area (Å²) in [6.07, 6.45) is 0. The van der Waals surface area contributed by atoms with Crippen LogP contribution in [0.5, 0.6) is 0 Å². The van der Waals surface area contributed by atoms with Crippen molar-refractivity contribution in [2.24, 2.45) is 0 Å². The van der Waals surface area contributed by atoms with Gasteiger partial charge in [0, 0.05) is 17.8 Å². The maximum atomic E-state index is 12.8. The molecule has 1 unspecified atom stereocenters. The number of anilines is 1. The normalized spacial score (nSPS) is 12.2. The Labute approximate surface area is 199 Å². The average molecular weight is 487 g/mol. The Balaban J connectivity index is 1.61. The van der Waals surface area contributed by atoms with Gasteiger partial charge < -0.3 is 15.4 Å². The Morgan fingerprint density at radius 3 is 2.27 bits per heavy atom. The van der Waals surface area contributed by atoms with Crippen molar-refractivity contribution < 1.29 is 17.9 Å². The van der Waals surface area contributed by atoms with Crippen LogP contribution in [0.4, 0.5) is 10.5 Å². The lowest BCUT2D eigenvalue weighted by molar-refractivity contribution is 0.185. The molecule has 0 fully saturated rings. The molecule has 6 nitrogen and oxygen atoms in total. The number of methoxy groups -OCH3 is 1. The van der Waals surface area contributed by atoms with E-state index in [1.54, 1.807) is 31.4 Å². The standard InChI is InChI=1S/C25H27ClN2O4S/c1-17-5-4-6-23(24(17)26)18(2)27-25(29)28-21-11-13-22(14-12-21)33(30,31)16-20-9-7-19(8-10-20)15-32-3/h4-14,18H,15-16H2,1-3H3,(H2,27,28,29). The number of benzene rings is 3. The zero-order valence-corrected chi connectivity index (χ0v) is 20.3. The van der Waals surface area contributed by atoms with Gasteiger partial charge in [0.25, 0.3) is 0 Å². The van der Waals surface area contributed by atoms with Crippen LogP contribution >= 0.6 is 11.6 Å². The summed E-state index contributed by atoms with van der Waals surface area (Å²) in [5.41, 5.74) is 3.92. The lowest BCUT2D eigenvalue weighted by Gasteiger charge is -2.17. The van der Waals surface area contributed by atoms with Gasteiger partial charge in [-0.15, -0.1) is 0 Å². The molecule has 3 aromatic rings. The number of nitrogens with one attached hydrogen (secondary N) is 2. The largest absolute Gasteiger partial charge is 0.380 e. The third kappa shape index (κ3) is 6.57. The van der Waals surface area contributed by atoms with E-state index in [1.807, 2.05) is 44.2 Å². The maximum Gasteiger partial charge on any atom is 0.319 e. The summed E-state index contributed by atoms with van der Waals surface area (Å²) in [4.78, 5) is 12.6. The van der Waals surface area contributed by atoms with Crippen molar-refractivity contribution in [3.05, 3.63) is 94.0 Å². The number of carbonyl (C=O) groups excluding carboxylic acids is 1. The van der Waals surface area contributed by atoms with Crippen molar-refractivity contribution in [1.82, 2.24) is 5.32 Å². The molecular formula is C25H27ClN2O4S. The molecule has 0 bridgehead atoms. The van der Waals surface area contributed by atoms with Gasteiger partial charge in [-0.05, 0) is 60.4 Å². The van der Waals surface area contributed by atoms with Crippen LogP contribution < -0.4 is 10.6 Å². The van der Waals surface area contributed by atoms with Crippen LogP contribution in [0.2, 0.25) is 5.02 Å². The number of halogens is 1. The Morgan fingerprint density at radius 1 is 1.00 bits per heavy atom. The first kappa shape index (κ1) is 24.8. The summed E-state index contributed by atoms with van der Waals surface area (Å²) in [6.45, 7) is 4.23. The van der Waals surface area contributed by atoms with Gasteiger partial charge in [-0.25, -0.2) is 13.2 Å². The van der Waals surface area contributed by atoms with E-state index in [0.29, 0.717) is 22.9 Å². The third-order valence-electron chi connectivity index (χ3n) is 5.20. The molecular weight excluding hydrogens is 460 g/mol. The molecule has 0 aliphatic rings. The molecule has 0 aliphatic heterocycles. The van der Waals surface area contributed by atoms with Crippen LogP contribution in [0.3, 0.4) is 0 Å². The second kappa shape index (κ2) is 10.8. The average Bonchev–Trinajstić information content (AvgIpc) is 2.77. The molecule has 0 saturated heterocycles. The molecule has 0 saturated carbocycles. The maximum absolute atomic E-state index is 12.8. The number of carbonyl (C=O) groups is 1. The molecule has 33 heavy (non-hydrogen) atoms. The van der Waals surface area contributed by atoms with Gasteiger partial charge in [-0.2, -0.15) is 0 Å². The number of hydrogen-bond acceptors (Lipinski definition) is 4. The van der Waals surface area contributed by atoms with Crippen molar-refractivity contribution in [2.75, 3.05) is 12.4 Å². The van der Waals surface area contributed by atoms with Crippen molar-refractivity contribution in [3.8, 4) is 0 Å². The summed E-state index contributed by atoms with van der Waals surface area (Å²) in [5.74, 6) is -0.109. The van der Waals surface area contributed by atoms with Crippen LogP contribution in [0.15, 0.2) is 71.6 Å². The highest BCUT2D eigenvalue weighted by Crippen LogP contribution is 2.26. The second-order valence-electron chi connectivity index (χ2n) is 7.83. The molecule has 174 valence electrons. The number of hydrogen-bond donors (Lipinski definition) is 2. The highest BCUT2D eigenvalue weighted by Gasteiger charge is 2.17.